The molecule has 0 fully saturated rings. The molecular weight excluding hydrogens is 350 g/mol. The lowest BCUT2D eigenvalue weighted by molar-refractivity contribution is 0.104. The number of allylic oxidation sites excluding steroid dienone is 1. The summed E-state index contributed by atoms with van der Waals surface area (Å²) >= 11 is 0. The van der Waals surface area contributed by atoms with Crippen molar-refractivity contribution in [1.29, 1.82) is 0 Å². The summed E-state index contributed by atoms with van der Waals surface area (Å²) < 4.78 is 7.27. The molecule has 0 atom stereocenters. The standard InChI is InChI=1S/C23H19N3O2/c1-16-13-21(17(2)28-16)22(27)11-10-19-15-26(20-8-4-3-5-9-20)25-23(19)18-7-6-12-24-14-18/h3-15H,1-2H3/b11-10+. The van der Waals surface area contributed by atoms with E-state index in [9.17, 15) is 4.79 Å². The Balaban J connectivity index is 1.74. The quantitative estimate of drug-likeness (QED) is 0.365. The summed E-state index contributed by atoms with van der Waals surface area (Å²) in [6.45, 7) is 3.63. The van der Waals surface area contributed by atoms with Gasteiger partial charge in [0.15, 0.2) is 5.78 Å². The van der Waals surface area contributed by atoms with E-state index in [4.69, 9.17) is 9.52 Å². The summed E-state index contributed by atoms with van der Waals surface area (Å²) in [6.07, 6.45) is 8.75. The molecule has 3 heterocycles. The number of hydrogen-bond donors (Lipinski definition) is 0. The highest BCUT2D eigenvalue weighted by Crippen LogP contribution is 2.24. The molecule has 0 bridgehead atoms. The van der Waals surface area contributed by atoms with Gasteiger partial charge in [-0.25, -0.2) is 4.68 Å². The van der Waals surface area contributed by atoms with Crippen molar-refractivity contribution in [3.63, 3.8) is 0 Å². The number of para-hydroxylation sites is 1. The number of ketones is 1. The van der Waals surface area contributed by atoms with E-state index in [0.29, 0.717) is 11.3 Å². The lowest BCUT2D eigenvalue weighted by Gasteiger charge is -1.99. The van der Waals surface area contributed by atoms with Crippen molar-refractivity contribution in [2.24, 2.45) is 0 Å². The first kappa shape index (κ1) is 17.7. The average Bonchev–Trinajstić information content (AvgIpc) is 3.30. The fourth-order valence-electron chi connectivity index (χ4n) is 3.08. The van der Waals surface area contributed by atoms with Crippen LogP contribution in [-0.2, 0) is 0 Å². The number of aryl methyl sites for hydroxylation is 2. The lowest BCUT2D eigenvalue weighted by Crippen LogP contribution is -1.94. The largest absolute Gasteiger partial charge is 0.466 e. The van der Waals surface area contributed by atoms with Crippen molar-refractivity contribution in [3.05, 3.63) is 95.8 Å². The maximum Gasteiger partial charge on any atom is 0.189 e. The van der Waals surface area contributed by atoms with E-state index in [2.05, 4.69) is 4.98 Å². The van der Waals surface area contributed by atoms with Gasteiger partial charge in [0.05, 0.1) is 11.3 Å². The van der Waals surface area contributed by atoms with E-state index in [-0.39, 0.29) is 5.78 Å². The number of pyridine rings is 1. The molecule has 0 aliphatic heterocycles. The van der Waals surface area contributed by atoms with Gasteiger partial charge in [-0.2, -0.15) is 5.10 Å². The van der Waals surface area contributed by atoms with Gasteiger partial charge in [-0.05, 0) is 56.3 Å². The SMILES string of the molecule is Cc1cc(C(=O)/C=C/c2cn(-c3ccccc3)nc2-c2cccnc2)c(C)o1. The summed E-state index contributed by atoms with van der Waals surface area (Å²) in [6, 6.07) is 15.4. The molecule has 0 amide bonds. The third-order valence-corrected chi connectivity index (χ3v) is 4.42. The van der Waals surface area contributed by atoms with Gasteiger partial charge in [-0.3, -0.25) is 9.78 Å². The van der Waals surface area contributed by atoms with Crippen LogP contribution in [0, 0.1) is 13.8 Å². The van der Waals surface area contributed by atoms with Crippen LogP contribution in [-0.4, -0.2) is 20.5 Å². The highest BCUT2D eigenvalue weighted by molar-refractivity contribution is 6.07. The first-order valence-corrected chi connectivity index (χ1v) is 8.97. The van der Waals surface area contributed by atoms with Crippen LogP contribution < -0.4 is 0 Å². The van der Waals surface area contributed by atoms with E-state index in [0.717, 1.165) is 28.3 Å². The number of nitrogens with zero attached hydrogens (tertiary/aromatic N) is 3. The number of hydrogen-bond acceptors (Lipinski definition) is 4. The second-order valence-electron chi connectivity index (χ2n) is 6.48. The first-order valence-electron chi connectivity index (χ1n) is 8.97. The van der Waals surface area contributed by atoms with Crippen molar-refractivity contribution >= 4 is 11.9 Å². The molecule has 0 aliphatic rings. The lowest BCUT2D eigenvalue weighted by atomic mass is 10.1. The number of carbonyl (C=O) groups is 1. The van der Waals surface area contributed by atoms with Crippen LogP contribution in [0.25, 0.3) is 23.0 Å². The smallest absolute Gasteiger partial charge is 0.189 e. The van der Waals surface area contributed by atoms with Gasteiger partial charge in [0.1, 0.15) is 17.2 Å². The predicted molar refractivity (Wildman–Crippen MR) is 108 cm³/mol. The van der Waals surface area contributed by atoms with Crippen LogP contribution in [0.2, 0.25) is 0 Å². The number of carbonyl (C=O) groups excluding carboxylic acids is 1. The van der Waals surface area contributed by atoms with Gasteiger partial charge in [0.25, 0.3) is 0 Å². The maximum absolute atomic E-state index is 12.6. The van der Waals surface area contributed by atoms with Crippen LogP contribution in [0.15, 0.2) is 77.6 Å². The summed E-state index contributed by atoms with van der Waals surface area (Å²) in [7, 11) is 0. The zero-order chi connectivity index (χ0) is 19.5. The Morgan fingerprint density at radius 2 is 1.93 bits per heavy atom. The molecule has 1 aromatic carbocycles. The van der Waals surface area contributed by atoms with Gasteiger partial charge in [-0.1, -0.05) is 18.2 Å². The maximum atomic E-state index is 12.6. The molecule has 0 aliphatic carbocycles. The molecule has 0 radical (unpaired) electrons. The zero-order valence-corrected chi connectivity index (χ0v) is 15.7. The minimum Gasteiger partial charge on any atom is -0.466 e. The Hall–Kier alpha value is -3.73. The van der Waals surface area contributed by atoms with Crippen LogP contribution in [0.1, 0.15) is 27.4 Å². The average molecular weight is 369 g/mol. The Morgan fingerprint density at radius 3 is 2.61 bits per heavy atom. The highest BCUT2D eigenvalue weighted by atomic mass is 16.3. The van der Waals surface area contributed by atoms with E-state index in [1.165, 1.54) is 0 Å². The predicted octanol–water partition coefficient (Wildman–Crippen LogP) is 5.04. The Kier molecular flexibility index (Phi) is 4.72. The van der Waals surface area contributed by atoms with E-state index in [1.807, 2.05) is 55.6 Å². The van der Waals surface area contributed by atoms with Crippen molar-refractivity contribution in [1.82, 2.24) is 14.8 Å². The summed E-state index contributed by atoms with van der Waals surface area (Å²) in [5.41, 5.74) is 4.01. The molecule has 0 saturated heterocycles. The summed E-state index contributed by atoms with van der Waals surface area (Å²) in [4.78, 5) is 16.8. The third-order valence-electron chi connectivity index (χ3n) is 4.42. The molecule has 28 heavy (non-hydrogen) atoms. The van der Waals surface area contributed by atoms with Gasteiger partial charge in [-0.15, -0.1) is 0 Å². The van der Waals surface area contributed by atoms with Gasteiger partial charge < -0.3 is 4.42 Å². The number of aromatic nitrogens is 3. The molecular formula is C23H19N3O2. The van der Waals surface area contributed by atoms with Crippen molar-refractivity contribution in [3.8, 4) is 16.9 Å². The topological polar surface area (TPSA) is 60.9 Å². The molecule has 3 aromatic heterocycles. The third kappa shape index (κ3) is 3.55. The Morgan fingerprint density at radius 1 is 1.11 bits per heavy atom. The first-order chi connectivity index (χ1) is 13.6. The number of benzene rings is 1. The minimum atomic E-state index is -0.0982. The Labute approximate surface area is 163 Å². The van der Waals surface area contributed by atoms with Crippen molar-refractivity contribution in [2.45, 2.75) is 13.8 Å². The molecule has 5 nitrogen and oxygen atoms in total. The highest BCUT2D eigenvalue weighted by Gasteiger charge is 2.13. The molecule has 4 rings (SSSR count). The minimum absolute atomic E-state index is 0.0982. The summed E-state index contributed by atoms with van der Waals surface area (Å²) in [5, 5.41) is 4.72. The van der Waals surface area contributed by atoms with E-state index in [1.54, 1.807) is 42.2 Å². The molecule has 0 N–H and O–H groups in total. The second kappa shape index (κ2) is 7.48. The number of rotatable bonds is 5. The van der Waals surface area contributed by atoms with Gasteiger partial charge in [0.2, 0.25) is 0 Å². The van der Waals surface area contributed by atoms with Crippen LogP contribution in [0.4, 0.5) is 0 Å². The van der Waals surface area contributed by atoms with Crippen LogP contribution in [0.5, 0.6) is 0 Å². The zero-order valence-electron chi connectivity index (χ0n) is 15.7. The van der Waals surface area contributed by atoms with Crippen LogP contribution in [0.3, 0.4) is 0 Å². The molecule has 0 unspecified atom stereocenters. The van der Waals surface area contributed by atoms with Crippen molar-refractivity contribution in [2.75, 3.05) is 0 Å². The molecule has 0 spiro atoms. The molecule has 4 aromatic rings. The fraction of sp³-hybridized carbons (Fsp3) is 0.0870. The fourth-order valence-corrected chi connectivity index (χ4v) is 3.08. The van der Waals surface area contributed by atoms with E-state index < -0.39 is 0 Å². The second-order valence-corrected chi connectivity index (χ2v) is 6.48. The molecule has 0 saturated carbocycles. The number of furan rings is 1. The normalized spacial score (nSPS) is 11.2. The van der Waals surface area contributed by atoms with Crippen LogP contribution >= 0.6 is 0 Å². The molecule has 5 heteroatoms. The molecule has 138 valence electrons. The Bertz CT molecular complexity index is 1140. The van der Waals surface area contributed by atoms with Gasteiger partial charge >= 0.3 is 0 Å². The monoisotopic (exact) mass is 369 g/mol. The van der Waals surface area contributed by atoms with Gasteiger partial charge in [0, 0.05) is 29.7 Å². The van der Waals surface area contributed by atoms with Crippen molar-refractivity contribution < 1.29 is 9.21 Å². The van der Waals surface area contributed by atoms with E-state index >= 15 is 0 Å². The summed E-state index contributed by atoms with van der Waals surface area (Å²) in [5.74, 6) is 1.25.